The van der Waals surface area contributed by atoms with Crippen molar-refractivity contribution >= 4 is 42.0 Å². The van der Waals surface area contributed by atoms with E-state index in [9.17, 15) is 13.8 Å². The Labute approximate surface area is 201 Å². The first-order valence-corrected chi connectivity index (χ1v) is 13.2. The molecule has 2 aliphatic heterocycles. The number of aromatic nitrogens is 3. The zero-order chi connectivity index (χ0) is 24.8. The SMILES string of the molecule is CC(C)OC(=O)[C@H](C)CCOP1(=O)C[C@@H]2[C@@H](CO1)O[C@@H](n1cc(F)c3c(N)ncnc31)[C@]2(C)Cl. The summed E-state index contributed by atoms with van der Waals surface area (Å²) in [6, 6.07) is 0. The number of carbonyl (C=O) groups is 1. The van der Waals surface area contributed by atoms with Crippen LogP contribution in [-0.4, -0.2) is 57.0 Å². The second-order valence-corrected chi connectivity index (χ2v) is 12.1. The van der Waals surface area contributed by atoms with E-state index < -0.39 is 42.5 Å². The largest absolute Gasteiger partial charge is 0.463 e. The second kappa shape index (κ2) is 9.35. The van der Waals surface area contributed by atoms with E-state index >= 15 is 0 Å². The molecule has 10 nitrogen and oxygen atoms in total. The Morgan fingerprint density at radius 2 is 2.18 bits per heavy atom. The molecular formula is C21H29ClFN4O6P. The molecule has 0 aliphatic carbocycles. The van der Waals surface area contributed by atoms with Crippen LogP contribution in [0.15, 0.2) is 12.5 Å². The molecule has 2 aromatic heterocycles. The van der Waals surface area contributed by atoms with Crippen LogP contribution < -0.4 is 5.73 Å². The highest BCUT2D eigenvalue weighted by atomic mass is 35.5. The fraction of sp³-hybridized carbons (Fsp3) is 0.667. The summed E-state index contributed by atoms with van der Waals surface area (Å²) in [7, 11) is -3.49. The molecule has 0 radical (unpaired) electrons. The van der Waals surface area contributed by atoms with Crippen molar-refractivity contribution in [3.8, 4) is 0 Å². The Morgan fingerprint density at radius 1 is 1.44 bits per heavy atom. The maximum absolute atomic E-state index is 14.6. The topological polar surface area (TPSA) is 128 Å². The van der Waals surface area contributed by atoms with Gasteiger partial charge in [0.25, 0.3) is 0 Å². The van der Waals surface area contributed by atoms with Crippen LogP contribution in [0.2, 0.25) is 0 Å². The van der Waals surface area contributed by atoms with E-state index in [4.69, 9.17) is 35.9 Å². The first-order chi connectivity index (χ1) is 15.9. The van der Waals surface area contributed by atoms with Crippen LogP contribution in [0.3, 0.4) is 0 Å². The minimum atomic E-state index is -3.49. The summed E-state index contributed by atoms with van der Waals surface area (Å²) in [4.78, 5) is 18.9. The average molecular weight is 519 g/mol. The molecule has 0 spiro atoms. The van der Waals surface area contributed by atoms with E-state index in [1.165, 1.54) is 17.1 Å². The molecule has 1 unspecified atom stereocenters. The smallest absolute Gasteiger partial charge is 0.331 e. The van der Waals surface area contributed by atoms with Gasteiger partial charge in [-0.1, -0.05) is 6.92 Å². The van der Waals surface area contributed by atoms with E-state index in [0.29, 0.717) is 6.42 Å². The summed E-state index contributed by atoms with van der Waals surface area (Å²) in [5.41, 5.74) is 6.07. The highest BCUT2D eigenvalue weighted by molar-refractivity contribution is 7.53. The number of hydrogen-bond acceptors (Lipinski definition) is 9. The molecule has 2 N–H and O–H groups in total. The number of esters is 1. The van der Waals surface area contributed by atoms with Gasteiger partial charge in [-0.25, -0.2) is 14.4 Å². The highest BCUT2D eigenvalue weighted by Gasteiger charge is 2.58. The van der Waals surface area contributed by atoms with Crippen molar-refractivity contribution in [2.75, 3.05) is 25.1 Å². The summed E-state index contributed by atoms with van der Waals surface area (Å²) >= 11 is 6.96. The number of anilines is 1. The maximum Gasteiger partial charge on any atom is 0.331 e. The average Bonchev–Trinajstić information content (AvgIpc) is 3.21. The van der Waals surface area contributed by atoms with Gasteiger partial charge in [-0.15, -0.1) is 11.6 Å². The second-order valence-electron chi connectivity index (χ2n) is 9.22. The molecule has 4 heterocycles. The molecule has 13 heteroatoms. The highest BCUT2D eigenvalue weighted by Crippen LogP contribution is 2.61. The summed E-state index contributed by atoms with van der Waals surface area (Å²) in [5.74, 6) is -1.72. The van der Waals surface area contributed by atoms with Crippen LogP contribution in [0.1, 0.15) is 40.3 Å². The van der Waals surface area contributed by atoms with Gasteiger partial charge in [-0.3, -0.25) is 9.36 Å². The Balaban J connectivity index is 1.46. The van der Waals surface area contributed by atoms with Gasteiger partial charge >= 0.3 is 13.6 Å². The Hall–Kier alpha value is -1.78. The normalized spacial score (nSPS) is 32.1. The Bertz CT molecular complexity index is 1130. The molecule has 2 aliphatic rings. The van der Waals surface area contributed by atoms with E-state index in [1.807, 2.05) is 0 Å². The minimum absolute atomic E-state index is 0.00447. The number of rotatable bonds is 7. The Kier molecular flexibility index (Phi) is 6.96. The van der Waals surface area contributed by atoms with Crippen LogP contribution in [0.25, 0.3) is 11.0 Å². The summed E-state index contributed by atoms with van der Waals surface area (Å²) in [6.07, 6.45) is 1.33. The molecule has 2 saturated heterocycles. The molecule has 2 fully saturated rings. The Morgan fingerprint density at radius 3 is 2.88 bits per heavy atom. The number of alkyl halides is 1. The van der Waals surface area contributed by atoms with Crippen LogP contribution in [-0.2, 0) is 27.9 Å². The van der Waals surface area contributed by atoms with Crippen molar-refractivity contribution in [3.05, 3.63) is 18.3 Å². The molecular weight excluding hydrogens is 490 g/mol. The first-order valence-electron chi connectivity index (χ1n) is 11.1. The van der Waals surface area contributed by atoms with Gasteiger partial charge in [-0.05, 0) is 27.2 Å². The number of fused-ring (bicyclic) bond motifs is 2. The van der Waals surface area contributed by atoms with Gasteiger partial charge in [0.1, 0.15) is 12.1 Å². The fourth-order valence-corrected chi connectivity index (χ4v) is 7.00. The van der Waals surface area contributed by atoms with Crippen molar-refractivity contribution < 1.29 is 32.3 Å². The number of nitrogen functional groups attached to an aromatic ring is 1. The van der Waals surface area contributed by atoms with Crippen molar-refractivity contribution in [1.29, 1.82) is 0 Å². The third-order valence-corrected chi connectivity index (χ3v) is 8.68. The predicted octanol–water partition coefficient (Wildman–Crippen LogP) is 3.88. The molecule has 188 valence electrons. The van der Waals surface area contributed by atoms with Crippen LogP contribution in [0.4, 0.5) is 10.2 Å². The van der Waals surface area contributed by atoms with E-state index in [-0.39, 0.29) is 48.3 Å². The van der Waals surface area contributed by atoms with Gasteiger partial charge in [-0.2, -0.15) is 0 Å². The van der Waals surface area contributed by atoms with Gasteiger partial charge < -0.3 is 28.8 Å². The molecule has 0 aromatic carbocycles. The monoisotopic (exact) mass is 518 g/mol. The zero-order valence-corrected chi connectivity index (χ0v) is 21.1. The number of ether oxygens (including phenoxy) is 2. The van der Waals surface area contributed by atoms with Crippen LogP contribution in [0, 0.1) is 17.7 Å². The molecule has 2 aromatic rings. The van der Waals surface area contributed by atoms with Crippen LogP contribution >= 0.6 is 19.2 Å². The molecule has 6 atom stereocenters. The lowest BCUT2D eigenvalue weighted by atomic mass is 9.91. The van der Waals surface area contributed by atoms with Crippen LogP contribution in [0.5, 0.6) is 0 Å². The lowest BCUT2D eigenvalue weighted by Gasteiger charge is -2.35. The summed E-state index contributed by atoms with van der Waals surface area (Å²) in [6.45, 7) is 7.10. The van der Waals surface area contributed by atoms with Crippen molar-refractivity contribution in [2.24, 2.45) is 11.8 Å². The molecule has 4 rings (SSSR count). The number of carbonyl (C=O) groups excluding carboxylic acids is 1. The van der Waals surface area contributed by atoms with Gasteiger partial charge in [0.15, 0.2) is 17.7 Å². The lowest BCUT2D eigenvalue weighted by molar-refractivity contribution is -0.152. The maximum atomic E-state index is 14.6. The van der Waals surface area contributed by atoms with Crippen molar-refractivity contribution in [1.82, 2.24) is 14.5 Å². The number of halogens is 2. The molecule has 0 saturated carbocycles. The van der Waals surface area contributed by atoms with E-state index in [2.05, 4.69) is 9.97 Å². The van der Waals surface area contributed by atoms with Gasteiger partial charge in [0, 0.05) is 12.1 Å². The fourth-order valence-electron chi connectivity index (χ4n) is 4.38. The van der Waals surface area contributed by atoms with E-state index in [1.54, 1.807) is 27.7 Å². The number of hydrogen-bond donors (Lipinski definition) is 1. The van der Waals surface area contributed by atoms with Crippen molar-refractivity contribution in [3.63, 3.8) is 0 Å². The van der Waals surface area contributed by atoms with Gasteiger partial charge in [0.2, 0.25) is 0 Å². The van der Waals surface area contributed by atoms with Crippen molar-refractivity contribution in [2.45, 2.75) is 57.4 Å². The molecule has 0 bridgehead atoms. The molecule has 0 amide bonds. The molecule has 34 heavy (non-hydrogen) atoms. The quantitative estimate of drug-likeness (QED) is 0.330. The minimum Gasteiger partial charge on any atom is -0.463 e. The summed E-state index contributed by atoms with van der Waals surface area (Å²) < 4.78 is 51.9. The van der Waals surface area contributed by atoms with Gasteiger partial charge in [0.05, 0.1) is 47.8 Å². The lowest BCUT2D eigenvalue weighted by Crippen LogP contribution is -2.40. The number of nitrogens with zero attached hydrogens (tertiary/aromatic N) is 3. The summed E-state index contributed by atoms with van der Waals surface area (Å²) in [5, 5.41) is 0.0869. The predicted molar refractivity (Wildman–Crippen MR) is 123 cm³/mol. The third kappa shape index (κ3) is 4.68. The first kappa shape index (κ1) is 25.3. The third-order valence-electron chi connectivity index (χ3n) is 6.25. The zero-order valence-electron chi connectivity index (χ0n) is 19.4. The number of nitrogens with two attached hydrogens (primary N) is 1. The standard InChI is InChI=1S/C21H29ClFN4O6P/c1-11(2)32-19(28)12(3)5-6-30-34(29)9-13-15(8-31-34)33-20(21(13,4)22)27-7-14(23)16-17(24)25-10-26-18(16)27/h7,10-13,15,20H,5-6,8-9H2,1-4H3,(H2,24,25,26)/t12-,13-,15-,20-,21-,34?/m1/s1. The van der Waals surface area contributed by atoms with E-state index in [0.717, 1.165) is 0 Å².